The lowest BCUT2D eigenvalue weighted by molar-refractivity contribution is -0.269. The number of ether oxygens (including phenoxy) is 1. The summed E-state index contributed by atoms with van der Waals surface area (Å²) in [6, 6.07) is -0.612. The van der Waals surface area contributed by atoms with Gasteiger partial charge in [0.25, 0.3) is 5.91 Å². The molecule has 0 bridgehead atoms. The Morgan fingerprint density at radius 3 is 2.53 bits per heavy atom. The standard InChI is InChI=1S/C27H48N4O5/c1-4-5-17-35-27(34)31-24-19-29(16-14-20(2)3)25(32)22(13-9-10-15-28)30(24)26(33)23(36-31)18-21-11-7-6-8-12-21/h20-24H,4-19,28H2,1-3H3/t22-,23+,24?/m0/s1. The SMILES string of the molecule is CCCCOC(=O)N1O[C@H](CC2CCCCC2)C(=O)N2C1CN(CCC(C)C)C(=O)[C@@H]2CCCCN. The maximum Gasteiger partial charge on any atom is 0.436 e. The molecule has 2 N–H and O–H groups in total. The molecule has 9 nitrogen and oxygen atoms in total. The number of rotatable bonds is 12. The Morgan fingerprint density at radius 1 is 1.11 bits per heavy atom. The molecule has 0 spiro atoms. The summed E-state index contributed by atoms with van der Waals surface area (Å²) < 4.78 is 5.54. The highest BCUT2D eigenvalue weighted by Gasteiger charge is 2.53. The highest BCUT2D eigenvalue weighted by atomic mass is 16.7. The minimum Gasteiger partial charge on any atom is -0.448 e. The second-order valence-electron chi connectivity index (χ2n) is 11.1. The van der Waals surface area contributed by atoms with Gasteiger partial charge in [-0.25, -0.2) is 4.79 Å². The third kappa shape index (κ3) is 7.34. The average molecular weight is 509 g/mol. The molecule has 2 heterocycles. The van der Waals surface area contributed by atoms with Crippen molar-refractivity contribution in [2.24, 2.45) is 17.6 Å². The number of hydrogen-bond acceptors (Lipinski definition) is 6. The topological polar surface area (TPSA) is 105 Å². The fourth-order valence-electron chi connectivity index (χ4n) is 5.58. The fourth-order valence-corrected chi connectivity index (χ4v) is 5.58. The smallest absolute Gasteiger partial charge is 0.436 e. The van der Waals surface area contributed by atoms with E-state index < -0.39 is 24.4 Å². The van der Waals surface area contributed by atoms with Crippen molar-refractivity contribution < 1.29 is 24.0 Å². The van der Waals surface area contributed by atoms with Crippen molar-refractivity contribution in [3.8, 4) is 0 Å². The van der Waals surface area contributed by atoms with Crippen LogP contribution in [-0.4, -0.2) is 77.3 Å². The van der Waals surface area contributed by atoms with Gasteiger partial charge < -0.3 is 20.3 Å². The molecule has 9 heteroatoms. The minimum absolute atomic E-state index is 0.0325. The zero-order valence-corrected chi connectivity index (χ0v) is 22.7. The van der Waals surface area contributed by atoms with Gasteiger partial charge in [-0.1, -0.05) is 59.3 Å². The molecule has 0 aromatic heterocycles. The predicted molar refractivity (Wildman–Crippen MR) is 138 cm³/mol. The molecule has 36 heavy (non-hydrogen) atoms. The number of nitrogens with zero attached hydrogens (tertiary/aromatic N) is 3. The zero-order chi connectivity index (χ0) is 26.1. The fraction of sp³-hybridized carbons (Fsp3) is 0.889. The summed E-state index contributed by atoms with van der Waals surface area (Å²) in [6.07, 6.45) is 8.83. The Bertz CT molecular complexity index is 727. The van der Waals surface area contributed by atoms with Gasteiger partial charge in [0.1, 0.15) is 6.04 Å². The third-order valence-electron chi connectivity index (χ3n) is 7.76. The number of carbonyl (C=O) groups is 3. The molecule has 0 aromatic carbocycles. The van der Waals surface area contributed by atoms with Gasteiger partial charge in [0.15, 0.2) is 12.3 Å². The Morgan fingerprint density at radius 2 is 1.86 bits per heavy atom. The number of unbranched alkanes of at least 4 members (excludes halogenated alkanes) is 2. The van der Waals surface area contributed by atoms with Gasteiger partial charge >= 0.3 is 6.09 Å². The molecule has 1 aliphatic carbocycles. The van der Waals surface area contributed by atoms with Crippen molar-refractivity contribution in [1.29, 1.82) is 0 Å². The molecule has 3 amide bonds. The number of nitrogens with two attached hydrogens (primary N) is 1. The molecule has 3 aliphatic rings. The second-order valence-corrected chi connectivity index (χ2v) is 11.1. The van der Waals surface area contributed by atoms with Crippen LogP contribution in [0.2, 0.25) is 0 Å². The van der Waals surface area contributed by atoms with Crippen LogP contribution in [0.1, 0.15) is 97.8 Å². The maximum absolute atomic E-state index is 13.9. The molecular formula is C27H48N4O5. The highest BCUT2D eigenvalue weighted by Crippen LogP contribution is 2.35. The van der Waals surface area contributed by atoms with Gasteiger partial charge in [0.2, 0.25) is 5.91 Å². The largest absolute Gasteiger partial charge is 0.448 e. The lowest BCUT2D eigenvalue weighted by atomic mass is 9.85. The lowest BCUT2D eigenvalue weighted by Gasteiger charge is -2.53. The predicted octanol–water partition coefficient (Wildman–Crippen LogP) is 4.05. The van der Waals surface area contributed by atoms with Crippen LogP contribution in [0.4, 0.5) is 4.79 Å². The van der Waals surface area contributed by atoms with Crippen molar-refractivity contribution in [2.45, 2.75) is 116 Å². The van der Waals surface area contributed by atoms with E-state index in [0.717, 1.165) is 57.8 Å². The monoisotopic (exact) mass is 508 g/mol. The van der Waals surface area contributed by atoms with Crippen LogP contribution in [0.5, 0.6) is 0 Å². The van der Waals surface area contributed by atoms with E-state index in [1.54, 1.807) is 9.80 Å². The first-order valence-corrected chi connectivity index (χ1v) is 14.3. The van der Waals surface area contributed by atoms with Crippen LogP contribution < -0.4 is 5.73 Å². The first-order chi connectivity index (χ1) is 17.4. The Balaban J connectivity index is 1.87. The van der Waals surface area contributed by atoms with E-state index in [9.17, 15) is 14.4 Å². The lowest BCUT2D eigenvalue weighted by Crippen LogP contribution is -2.73. The minimum atomic E-state index is -0.768. The quantitative estimate of drug-likeness (QED) is 0.399. The summed E-state index contributed by atoms with van der Waals surface area (Å²) in [5, 5.41) is 1.27. The first kappa shape index (κ1) is 28.7. The number of fused-ring (bicyclic) bond motifs is 1. The number of carbonyl (C=O) groups excluding carboxylic acids is 3. The van der Waals surface area contributed by atoms with Crippen molar-refractivity contribution in [2.75, 3.05) is 26.2 Å². The maximum atomic E-state index is 13.9. The molecule has 3 fully saturated rings. The van der Waals surface area contributed by atoms with Gasteiger partial charge in [-0.05, 0) is 56.9 Å². The van der Waals surface area contributed by atoms with Crippen molar-refractivity contribution >= 4 is 17.9 Å². The molecule has 3 atom stereocenters. The van der Waals surface area contributed by atoms with E-state index in [-0.39, 0.29) is 18.4 Å². The van der Waals surface area contributed by atoms with Crippen LogP contribution in [0, 0.1) is 11.8 Å². The van der Waals surface area contributed by atoms with E-state index in [1.807, 2.05) is 6.92 Å². The third-order valence-corrected chi connectivity index (χ3v) is 7.76. The number of hydroxylamine groups is 2. The van der Waals surface area contributed by atoms with Crippen molar-refractivity contribution in [1.82, 2.24) is 14.9 Å². The summed E-state index contributed by atoms with van der Waals surface area (Å²) in [5.41, 5.74) is 5.73. The second kappa shape index (κ2) is 14.2. The van der Waals surface area contributed by atoms with Gasteiger partial charge in [0, 0.05) is 6.54 Å². The molecule has 3 rings (SSSR count). The van der Waals surface area contributed by atoms with Gasteiger partial charge in [0.05, 0.1) is 13.2 Å². The molecule has 1 unspecified atom stereocenters. The van der Waals surface area contributed by atoms with Crippen molar-refractivity contribution in [3.63, 3.8) is 0 Å². The molecule has 0 radical (unpaired) electrons. The zero-order valence-electron chi connectivity index (χ0n) is 22.7. The Labute approximate surface area is 216 Å². The van der Waals surface area contributed by atoms with Gasteiger partial charge in [-0.2, -0.15) is 5.06 Å². The van der Waals surface area contributed by atoms with E-state index in [2.05, 4.69) is 13.8 Å². The van der Waals surface area contributed by atoms with E-state index in [1.165, 1.54) is 11.5 Å². The van der Waals surface area contributed by atoms with Crippen LogP contribution in [0.15, 0.2) is 0 Å². The number of amides is 3. The Kier molecular flexibility index (Phi) is 11.3. The molecule has 206 valence electrons. The van der Waals surface area contributed by atoms with Crippen LogP contribution in [-0.2, 0) is 19.2 Å². The van der Waals surface area contributed by atoms with Crippen molar-refractivity contribution in [3.05, 3.63) is 0 Å². The molecular weight excluding hydrogens is 460 g/mol. The molecule has 2 aliphatic heterocycles. The molecule has 1 saturated carbocycles. The van der Waals surface area contributed by atoms with E-state index in [0.29, 0.717) is 44.4 Å². The summed E-state index contributed by atoms with van der Waals surface area (Å²) in [6.45, 7) is 7.96. The van der Waals surface area contributed by atoms with E-state index >= 15 is 0 Å². The first-order valence-electron chi connectivity index (χ1n) is 14.3. The number of hydrogen-bond donors (Lipinski definition) is 1. The summed E-state index contributed by atoms with van der Waals surface area (Å²) in [7, 11) is 0. The summed E-state index contributed by atoms with van der Waals surface area (Å²) in [5.74, 6) is 0.624. The van der Waals surface area contributed by atoms with Crippen LogP contribution >= 0.6 is 0 Å². The van der Waals surface area contributed by atoms with Crippen LogP contribution in [0.25, 0.3) is 0 Å². The van der Waals surface area contributed by atoms with Gasteiger partial charge in [-0.3, -0.25) is 14.4 Å². The van der Waals surface area contributed by atoms with Crippen LogP contribution in [0.3, 0.4) is 0 Å². The van der Waals surface area contributed by atoms with Gasteiger partial charge in [-0.15, -0.1) is 0 Å². The summed E-state index contributed by atoms with van der Waals surface area (Å²) in [4.78, 5) is 50.3. The summed E-state index contributed by atoms with van der Waals surface area (Å²) >= 11 is 0. The normalized spacial score (nSPS) is 25.5. The highest BCUT2D eigenvalue weighted by molar-refractivity contribution is 5.92. The van der Waals surface area contributed by atoms with E-state index in [4.69, 9.17) is 15.3 Å². The molecule has 0 aromatic rings. The molecule has 2 saturated heterocycles. The Hall–Kier alpha value is -1.87. The average Bonchev–Trinajstić information content (AvgIpc) is 2.86. The number of piperazine rings is 1.